The van der Waals surface area contributed by atoms with Crippen molar-refractivity contribution in [2.24, 2.45) is 0 Å². The monoisotopic (exact) mass is 351 g/mol. The fourth-order valence-electron chi connectivity index (χ4n) is 2.18. The Hall–Kier alpha value is -2.85. The van der Waals surface area contributed by atoms with E-state index in [2.05, 4.69) is 10.0 Å². The summed E-state index contributed by atoms with van der Waals surface area (Å²) in [6.07, 6.45) is 0. The number of ether oxygens (including phenoxy) is 2. The van der Waals surface area contributed by atoms with Gasteiger partial charge >= 0.3 is 0 Å². The number of sulfonamides is 1. The highest BCUT2D eigenvalue weighted by atomic mass is 32.2. The van der Waals surface area contributed by atoms with E-state index in [0.29, 0.717) is 17.2 Å². The van der Waals surface area contributed by atoms with Crippen molar-refractivity contribution in [3.63, 3.8) is 0 Å². The van der Waals surface area contributed by atoms with Crippen LogP contribution in [0, 0.1) is 10.1 Å². The minimum Gasteiger partial charge on any atom is -0.454 e. The van der Waals surface area contributed by atoms with Crippen molar-refractivity contribution in [3.8, 4) is 11.5 Å². The molecule has 0 spiro atoms. The van der Waals surface area contributed by atoms with E-state index in [1.54, 1.807) is 18.2 Å². The fraction of sp³-hybridized carbons (Fsp3) is 0.143. The third-order valence-corrected chi connectivity index (χ3v) is 4.81. The average molecular weight is 351 g/mol. The zero-order valence-electron chi connectivity index (χ0n) is 12.5. The normalized spacial score (nSPS) is 12.9. The number of nitrogens with zero attached hydrogens (tertiary/aromatic N) is 1. The van der Waals surface area contributed by atoms with Crippen molar-refractivity contribution in [2.45, 2.75) is 4.90 Å². The van der Waals surface area contributed by atoms with E-state index >= 15 is 0 Å². The summed E-state index contributed by atoms with van der Waals surface area (Å²) in [5.41, 5.74) is 0.351. The second-order valence-corrected chi connectivity index (χ2v) is 6.72. The Morgan fingerprint density at radius 1 is 1.12 bits per heavy atom. The summed E-state index contributed by atoms with van der Waals surface area (Å²) in [5.74, 6) is 1.11. The molecule has 24 heavy (non-hydrogen) atoms. The Bertz CT molecular complexity index is 913. The van der Waals surface area contributed by atoms with Crippen LogP contribution < -0.4 is 19.5 Å². The first kappa shape index (κ1) is 16.0. The molecule has 0 aliphatic carbocycles. The number of rotatable bonds is 5. The number of hydrogen-bond acceptors (Lipinski definition) is 7. The molecule has 2 N–H and O–H groups in total. The van der Waals surface area contributed by atoms with E-state index in [9.17, 15) is 18.5 Å². The molecular weight excluding hydrogens is 338 g/mol. The molecule has 1 aliphatic rings. The van der Waals surface area contributed by atoms with Gasteiger partial charge in [0.2, 0.25) is 16.8 Å². The second kappa shape index (κ2) is 5.98. The fourth-order valence-corrected chi connectivity index (χ4v) is 2.93. The Kier molecular flexibility index (Phi) is 3.99. The number of nitro groups is 1. The topological polar surface area (TPSA) is 120 Å². The van der Waals surface area contributed by atoms with E-state index in [-0.39, 0.29) is 23.1 Å². The standard InChI is InChI=1S/C14H13N3O6S/c1-15-24(20,21)10-3-4-11(12(7-10)17(18)19)16-9-2-5-13-14(6-9)23-8-22-13/h2-7,15-16H,8H2,1H3. The molecule has 10 heteroatoms. The highest BCUT2D eigenvalue weighted by Gasteiger charge is 2.21. The van der Waals surface area contributed by atoms with Crippen LogP contribution in [0.5, 0.6) is 11.5 Å². The Morgan fingerprint density at radius 3 is 2.58 bits per heavy atom. The summed E-state index contributed by atoms with van der Waals surface area (Å²) >= 11 is 0. The van der Waals surface area contributed by atoms with E-state index in [4.69, 9.17) is 9.47 Å². The molecule has 0 fully saturated rings. The summed E-state index contributed by atoms with van der Waals surface area (Å²) in [6, 6.07) is 8.62. The lowest BCUT2D eigenvalue weighted by atomic mass is 10.2. The Balaban J connectivity index is 1.97. The minimum absolute atomic E-state index is 0.121. The molecule has 0 saturated carbocycles. The molecule has 3 rings (SSSR count). The molecule has 9 nitrogen and oxygen atoms in total. The number of benzene rings is 2. The maximum absolute atomic E-state index is 11.8. The lowest BCUT2D eigenvalue weighted by Crippen LogP contribution is -2.18. The maximum Gasteiger partial charge on any atom is 0.294 e. The smallest absolute Gasteiger partial charge is 0.294 e. The summed E-state index contributed by atoms with van der Waals surface area (Å²) in [4.78, 5) is 10.4. The molecule has 0 atom stereocenters. The largest absolute Gasteiger partial charge is 0.454 e. The van der Waals surface area contributed by atoms with Crippen LogP contribution in [-0.4, -0.2) is 27.2 Å². The van der Waals surface area contributed by atoms with Gasteiger partial charge in [0.05, 0.1) is 9.82 Å². The van der Waals surface area contributed by atoms with Gasteiger partial charge in [-0.05, 0) is 31.3 Å². The first-order valence-corrected chi connectivity index (χ1v) is 8.28. The van der Waals surface area contributed by atoms with E-state index in [0.717, 1.165) is 6.07 Å². The van der Waals surface area contributed by atoms with Gasteiger partial charge in [-0.3, -0.25) is 10.1 Å². The number of anilines is 2. The van der Waals surface area contributed by atoms with Crippen LogP contribution in [0.3, 0.4) is 0 Å². The molecule has 1 aliphatic heterocycles. The van der Waals surface area contributed by atoms with Gasteiger partial charge in [-0.2, -0.15) is 0 Å². The van der Waals surface area contributed by atoms with Gasteiger partial charge < -0.3 is 14.8 Å². The lowest BCUT2D eigenvalue weighted by Gasteiger charge is -2.09. The van der Waals surface area contributed by atoms with Crippen LogP contribution in [0.1, 0.15) is 0 Å². The first-order valence-electron chi connectivity index (χ1n) is 6.79. The predicted octanol–water partition coefficient (Wildman–Crippen LogP) is 1.98. The predicted molar refractivity (Wildman–Crippen MR) is 85.2 cm³/mol. The summed E-state index contributed by atoms with van der Waals surface area (Å²) in [7, 11) is -2.53. The number of nitrogens with one attached hydrogen (secondary N) is 2. The van der Waals surface area contributed by atoms with Gasteiger partial charge in [0, 0.05) is 17.8 Å². The summed E-state index contributed by atoms with van der Waals surface area (Å²) in [6.45, 7) is 0.121. The van der Waals surface area contributed by atoms with Gasteiger partial charge in [-0.1, -0.05) is 0 Å². The minimum atomic E-state index is -3.77. The lowest BCUT2D eigenvalue weighted by molar-refractivity contribution is -0.384. The van der Waals surface area contributed by atoms with Crippen molar-refractivity contribution < 1.29 is 22.8 Å². The van der Waals surface area contributed by atoms with Crippen LogP contribution >= 0.6 is 0 Å². The first-order chi connectivity index (χ1) is 11.4. The zero-order valence-corrected chi connectivity index (χ0v) is 13.3. The molecule has 0 radical (unpaired) electrons. The van der Waals surface area contributed by atoms with Crippen LogP contribution in [0.2, 0.25) is 0 Å². The van der Waals surface area contributed by atoms with Gasteiger partial charge in [0.25, 0.3) is 5.69 Å². The van der Waals surface area contributed by atoms with Gasteiger partial charge in [0.15, 0.2) is 11.5 Å². The van der Waals surface area contributed by atoms with Crippen molar-refractivity contribution in [2.75, 3.05) is 19.2 Å². The van der Waals surface area contributed by atoms with E-state index in [1.165, 1.54) is 19.2 Å². The SMILES string of the molecule is CNS(=O)(=O)c1ccc(Nc2ccc3c(c2)OCO3)c([N+](=O)[O-])c1. The maximum atomic E-state index is 11.8. The molecule has 1 heterocycles. The molecule has 0 bridgehead atoms. The van der Waals surface area contributed by atoms with Gasteiger partial charge in [0.1, 0.15) is 5.69 Å². The van der Waals surface area contributed by atoms with Crippen LogP contribution in [0.25, 0.3) is 0 Å². The van der Waals surface area contributed by atoms with Crippen molar-refractivity contribution >= 4 is 27.1 Å². The molecule has 0 saturated heterocycles. The highest BCUT2D eigenvalue weighted by Crippen LogP contribution is 2.36. The molecule has 126 valence electrons. The van der Waals surface area contributed by atoms with Gasteiger partial charge in [-0.15, -0.1) is 0 Å². The third-order valence-electron chi connectivity index (χ3n) is 3.40. The van der Waals surface area contributed by atoms with Crippen LogP contribution in [0.4, 0.5) is 17.1 Å². The number of nitro benzene ring substituents is 1. The van der Waals surface area contributed by atoms with Gasteiger partial charge in [-0.25, -0.2) is 13.1 Å². The molecule has 0 aromatic heterocycles. The zero-order chi connectivity index (χ0) is 17.3. The van der Waals surface area contributed by atoms with E-state index in [1.807, 2.05) is 0 Å². The molecule has 0 amide bonds. The summed E-state index contributed by atoms with van der Waals surface area (Å²) in [5, 5.41) is 14.2. The highest BCUT2D eigenvalue weighted by molar-refractivity contribution is 7.89. The molecule has 0 unspecified atom stereocenters. The average Bonchev–Trinajstić information content (AvgIpc) is 3.02. The molecule has 2 aromatic carbocycles. The van der Waals surface area contributed by atoms with Crippen LogP contribution in [0.15, 0.2) is 41.3 Å². The van der Waals surface area contributed by atoms with Crippen molar-refractivity contribution in [1.29, 1.82) is 0 Å². The quantitative estimate of drug-likeness (QED) is 0.624. The third kappa shape index (κ3) is 2.96. The molecule has 2 aromatic rings. The van der Waals surface area contributed by atoms with Crippen LogP contribution in [-0.2, 0) is 10.0 Å². The number of hydrogen-bond donors (Lipinski definition) is 2. The Morgan fingerprint density at radius 2 is 1.88 bits per heavy atom. The Labute approximate surface area is 137 Å². The second-order valence-electron chi connectivity index (χ2n) is 4.84. The van der Waals surface area contributed by atoms with E-state index < -0.39 is 14.9 Å². The van der Waals surface area contributed by atoms with Crippen molar-refractivity contribution in [1.82, 2.24) is 4.72 Å². The number of fused-ring (bicyclic) bond motifs is 1. The summed E-state index contributed by atoms with van der Waals surface area (Å²) < 4.78 is 36.1. The van der Waals surface area contributed by atoms with Crippen molar-refractivity contribution in [3.05, 3.63) is 46.5 Å². The molecular formula is C14H13N3O6S.